The molecular formula is C14H12BrNO2S. The topological polar surface area (TPSA) is 50.2 Å². The van der Waals surface area contributed by atoms with Crippen molar-refractivity contribution in [3.05, 3.63) is 58.3 Å². The van der Waals surface area contributed by atoms with E-state index in [1.807, 2.05) is 36.5 Å². The Morgan fingerprint density at radius 1 is 1.21 bits per heavy atom. The van der Waals surface area contributed by atoms with Gasteiger partial charge in [-0.15, -0.1) is 11.8 Å². The highest BCUT2D eigenvalue weighted by molar-refractivity contribution is 9.10. The van der Waals surface area contributed by atoms with Gasteiger partial charge in [-0.3, -0.25) is 9.78 Å². The standard InChI is InChI=1S/C14H12BrNO2S/c15-12-5-11(7-16-8-12)9-19-13-3-1-10(2-4-13)6-14(17)18/h1-5,7-8H,6,9H2,(H,17,18). The summed E-state index contributed by atoms with van der Waals surface area (Å²) in [7, 11) is 0. The predicted octanol–water partition coefficient (Wildman–Crippen LogP) is 3.76. The third kappa shape index (κ3) is 4.69. The Kier molecular flexibility index (Phi) is 4.99. The zero-order chi connectivity index (χ0) is 13.7. The Bertz CT molecular complexity index is 572. The second-order valence-corrected chi connectivity index (χ2v) is 5.98. The van der Waals surface area contributed by atoms with E-state index in [9.17, 15) is 4.79 Å². The summed E-state index contributed by atoms with van der Waals surface area (Å²) < 4.78 is 0.974. The number of aromatic nitrogens is 1. The van der Waals surface area contributed by atoms with Gasteiger partial charge < -0.3 is 5.11 Å². The molecule has 0 fully saturated rings. The van der Waals surface area contributed by atoms with Crippen molar-refractivity contribution in [3.63, 3.8) is 0 Å². The number of benzene rings is 1. The summed E-state index contributed by atoms with van der Waals surface area (Å²) in [6, 6.07) is 9.66. The summed E-state index contributed by atoms with van der Waals surface area (Å²) in [6.45, 7) is 0. The van der Waals surface area contributed by atoms with Gasteiger partial charge in [0.25, 0.3) is 0 Å². The molecule has 0 bridgehead atoms. The van der Waals surface area contributed by atoms with Crippen LogP contribution >= 0.6 is 27.7 Å². The van der Waals surface area contributed by atoms with Crippen LogP contribution in [0.15, 0.2) is 52.1 Å². The van der Waals surface area contributed by atoms with Crippen LogP contribution in [0.2, 0.25) is 0 Å². The van der Waals surface area contributed by atoms with E-state index >= 15 is 0 Å². The molecular weight excluding hydrogens is 326 g/mol. The molecule has 1 aromatic carbocycles. The number of rotatable bonds is 5. The van der Waals surface area contributed by atoms with E-state index in [1.165, 1.54) is 0 Å². The van der Waals surface area contributed by atoms with Crippen molar-refractivity contribution in [2.24, 2.45) is 0 Å². The number of nitrogens with zero attached hydrogens (tertiary/aromatic N) is 1. The average molecular weight is 338 g/mol. The maximum atomic E-state index is 10.6. The fourth-order valence-corrected chi connectivity index (χ4v) is 2.81. The molecule has 0 unspecified atom stereocenters. The number of halogens is 1. The predicted molar refractivity (Wildman–Crippen MR) is 79.3 cm³/mol. The highest BCUT2D eigenvalue weighted by Crippen LogP contribution is 2.24. The van der Waals surface area contributed by atoms with E-state index in [1.54, 1.807) is 18.0 Å². The zero-order valence-electron chi connectivity index (χ0n) is 10.0. The van der Waals surface area contributed by atoms with Gasteiger partial charge in [-0.25, -0.2) is 0 Å². The van der Waals surface area contributed by atoms with E-state index in [4.69, 9.17) is 5.11 Å². The summed E-state index contributed by atoms with van der Waals surface area (Å²) in [4.78, 5) is 15.8. The fourth-order valence-electron chi connectivity index (χ4n) is 1.58. The lowest BCUT2D eigenvalue weighted by atomic mass is 10.2. The Labute approximate surface area is 124 Å². The van der Waals surface area contributed by atoms with Crippen LogP contribution in [0.1, 0.15) is 11.1 Å². The quantitative estimate of drug-likeness (QED) is 0.844. The lowest BCUT2D eigenvalue weighted by Crippen LogP contribution is -1.99. The van der Waals surface area contributed by atoms with Gasteiger partial charge in [-0.2, -0.15) is 0 Å². The van der Waals surface area contributed by atoms with Crippen molar-refractivity contribution in [2.45, 2.75) is 17.1 Å². The molecule has 1 N–H and O–H groups in total. The van der Waals surface area contributed by atoms with Crippen LogP contribution in [0.5, 0.6) is 0 Å². The maximum absolute atomic E-state index is 10.6. The minimum Gasteiger partial charge on any atom is -0.481 e. The highest BCUT2D eigenvalue weighted by atomic mass is 79.9. The Hall–Kier alpha value is -1.33. The second kappa shape index (κ2) is 6.73. The van der Waals surface area contributed by atoms with E-state index in [0.717, 1.165) is 26.2 Å². The summed E-state index contributed by atoms with van der Waals surface area (Å²) in [5.41, 5.74) is 1.97. The van der Waals surface area contributed by atoms with Gasteiger partial charge in [-0.05, 0) is 45.3 Å². The van der Waals surface area contributed by atoms with Crippen molar-refractivity contribution >= 4 is 33.7 Å². The average Bonchev–Trinajstić information content (AvgIpc) is 2.37. The van der Waals surface area contributed by atoms with Crippen LogP contribution in [0.25, 0.3) is 0 Å². The molecule has 3 nitrogen and oxygen atoms in total. The van der Waals surface area contributed by atoms with E-state index in [-0.39, 0.29) is 6.42 Å². The van der Waals surface area contributed by atoms with Crippen molar-refractivity contribution in [3.8, 4) is 0 Å². The third-order valence-corrected chi connectivity index (χ3v) is 3.96. The summed E-state index contributed by atoms with van der Waals surface area (Å²) >= 11 is 5.09. The van der Waals surface area contributed by atoms with E-state index in [0.29, 0.717) is 0 Å². The normalized spacial score (nSPS) is 10.4. The molecule has 2 rings (SSSR count). The van der Waals surface area contributed by atoms with Gasteiger partial charge in [0.15, 0.2) is 0 Å². The second-order valence-electron chi connectivity index (χ2n) is 4.01. The van der Waals surface area contributed by atoms with Crippen molar-refractivity contribution < 1.29 is 9.90 Å². The van der Waals surface area contributed by atoms with Crippen LogP contribution in [0.3, 0.4) is 0 Å². The molecule has 5 heteroatoms. The summed E-state index contributed by atoms with van der Waals surface area (Å²) in [5, 5.41) is 8.70. The first kappa shape index (κ1) is 14.1. The fraction of sp³-hybridized carbons (Fsp3) is 0.143. The van der Waals surface area contributed by atoms with Gasteiger partial charge in [0, 0.05) is 27.5 Å². The number of pyridine rings is 1. The van der Waals surface area contributed by atoms with Gasteiger partial charge in [0.05, 0.1) is 6.42 Å². The number of hydrogen-bond donors (Lipinski definition) is 1. The SMILES string of the molecule is O=C(O)Cc1ccc(SCc2cncc(Br)c2)cc1. The minimum absolute atomic E-state index is 0.0699. The first-order valence-corrected chi connectivity index (χ1v) is 7.44. The molecule has 98 valence electrons. The van der Waals surface area contributed by atoms with Crippen molar-refractivity contribution in [2.75, 3.05) is 0 Å². The first-order chi connectivity index (χ1) is 9.13. The van der Waals surface area contributed by atoms with Gasteiger partial charge in [0.2, 0.25) is 0 Å². The van der Waals surface area contributed by atoms with Crippen LogP contribution in [-0.2, 0) is 17.0 Å². The molecule has 1 heterocycles. The molecule has 19 heavy (non-hydrogen) atoms. The Balaban J connectivity index is 1.94. The van der Waals surface area contributed by atoms with E-state index < -0.39 is 5.97 Å². The van der Waals surface area contributed by atoms with Gasteiger partial charge in [-0.1, -0.05) is 12.1 Å². The molecule has 2 aromatic rings. The summed E-state index contributed by atoms with van der Waals surface area (Å²) in [5.74, 6) is 0.0330. The first-order valence-electron chi connectivity index (χ1n) is 5.66. The molecule has 0 radical (unpaired) electrons. The molecule has 0 aliphatic heterocycles. The van der Waals surface area contributed by atoms with Crippen LogP contribution in [0, 0.1) is 0 Å². The molecule has 0 saturated carbocycles. The minimum atomic E-state index is -0.805. The largest absolute Gasteiger partial charge is 0.481 e. The Morgan fingerprint density at radius 2 is 1.95 bits per heavy atom. The summed E-state index contributed by atoms with van der Waals surface area (Å²) in [6.07, 6.45) is 3.67. The number of carboxylic acids is 1. The van der Waals surface area contributed by atoms with Crippen molar-refractivity contribution in [1.29, 1.82) is 0 Å². The lowest BCUT2D eigenvalue weighted by molar-refractivity contribution is -0.136. The number of aliphatic carboxylic acids is 1. The third-order valence-electron chi connectivity index (χ3n) is 2.45. The highest BCUT2D eigenvalue weighted by Gasteiger charge is 2.01. The zero-order valence-corrected chi connectivity index (χ0v) is 12.4. The number of carbonyl (C=O) groups is 1. The number of thioether (sulfide) groups is 1. The lowest BCUT2D eigenvalue weighted by Gasteiger charge is -2.03. The Morgan fingerprint density at radius 3 is 2.58 bits per heavy atom. The van der Waals surface area contributed by atoms with Crippen LogP contribution in [-0.4, -0.2) is 16.1 Å². The molecule has 0 aliphatic rings. The molecule has 1 aromatic heterocycles. The smallest absolute Gasteiger partial charge is 0.307 e. The van der Waals surface area contributed by atoms with Gasteiger partial charge >= 0.3 is 5.97 Å². The van der Waals surface area contributed by atoms with Crippen LogP contribution in [0.4, 0.5) is 0 Å². The maximum Gasteiger partial charge on any atom is 0.307 e. The molecule has 0 atom stereocenters. The van der Waals surface area contributed by atoms with E-state index in [2.05, 4.69) is 20.9 Å². The number of carboxylic acid groups (broad SMARTS) is 1. The molecule has 0 aliphatic carbocycles. The van der Waals surface area contributed by atoms with Gasteiger partial charge in [0.1, 0.15) is 0 Å². The van der Waals surface area contributed by atoms with Crippen molar-refractivity contribution in [1.82, 2.24) is 4.98 Å². The van der Waals surface area contributed by atoms with Crippen LogP contribution < -0.4 is 0 Å². The molecule has 0 saturated heterocycles. The number of hydrogen-bond acceptors (Lipinski definition) is 3. The molecule has 0 spiro atoms. The molecule has 0 amide bonds. The monoisotopic (exact) mass is 337 g/mol.